The molecule has 0 bridgehead atoms. The van der Waals surface area contributed by atoms with Gasteiger partial charge in [0.05, 0.1) is 30.1 Å². The number of esters is 1. The lowest BCUT2D eigenvalue weighted by Gasteiger charge is -2.21. The maximum absolute atomic E-state index is 15.3. The molecule has 14 nitrogen and oxygen atoms in total. The van der Waals surface area contributed by atoms with Crippen molar-refractivity contribution in [3.05, 3.63) is 131 Å². The zero-order chi connectivity index (χ0) is 47.9. The summed E-state index contributed by atoms with van der Waals surface area (Å²) in [5.41, 5.74) is 0.746. The average Bonchev–Trinajstić information content (AvgIpc) is 3.23. The Morgan fingerprint density at radius 1 is 0.800 bits per heavy atom. The molecule has 5 aromatic rings. The van der Waals surface area contributed by atoms with Gasteiger partial charge in [-0.2, -0.15) is 22.0 Å². The van der Waals surface area contributed by atoms with Gasteiger partial charge in [-0.1, -0.05) is 79.5 Å². The molecule has 20 heteroatoms. The van der Waals surface area contributed by atoms with E-state index in [1.165, 1.54) is 61.7 Å². The minimum absolute atomic E-state index is 0.00693. The first-order valence-electron chi connectivity index (χ1n) is 19.8. The molecule has 0 saturated carbocycles. The van der Waals surface area contributed by atoms with Gasteiger partial charge in [-0.05, 0) is 68.5 Å². The molecule has 3 heterocycles. The third kappa shape index (κ3) is 12.0. The number of hydrogen-bond acceptors (Lipinski definition) is 13. The van der Waals surface area contributed by atoms with E-state index in [1.54, 1.807) is 51.7 Å². The van der Waals surface area contributed by atoms with Gasteiger partial charge in [0.1, 0.15) is 23.0 Å². The Morgan fingerprint density at radius 3 is 1.85 bits per heavy atom. The molecule has 0 radical (unpaired) electrons. The first-order chi connectivity index (χ1) is 30.7. The number of aryl methyl sites for hydroxylation is 4. The van der Waals surface area contributed by atoms with Crippen LogP contribution in [0.4, 0.5) is 8.78 Å². The van der Waals surface area contributed by atoms with Crippen molar-refractivity contribution in [3.63, 3.8) is 0 Å². The monoisotopic (exact) mass is 949 g/mol. The Kier molecular flexibility index (Phi) is 16.7. The molecule has 65 heavy (non-hydrogen) atoms. The SMILES string of the molecule is CSCc1ccc(/C=C/c2c(Cl)ccc(F)c2-c2c(O)c(C)nn(C)c2=O)cc1.Cc1nn(C)c(=O)c(-c2c(F)ccc(Cl)c2/C=C/B2OC(=O)CN(C)CC(=O)O2)c1OC(=O)C(C)C. The average molecular weight is 951 g/mol. The van der Waals surface area contributed by atoms with Gasteiger partial charge in [-0.25, -0.2) is 18.1 Å². The van der Waals surface area contributed by atoms with Gasteiger partial charge in [0.15, 0.2) is 11.5 Å². The number of carbonyl (C=O) groups is 3. The Morgan fingerprint density at radius 2 is 1.31 bits per heavy atom. The van der Waals surface area contributed by atoms with Gasteiger partial charge >= 0.3 is 25.0 Å². The van der Waals surface area contributed by atoms with Gasteiger partial charge in [0.2, 0.25) is 0 Å². The number of aromatic nitrogens is 4. The molecule has 1 saturated heterocycles. The fourth-order valence-corrected chi connectivity index (χ4v) is 7.42. The fraction of sp³-hybridized carbons (Fsp3) is 0.267. The van der Waals surface area contributed by atoms with Gasteiger partial charge in [0, 0.05) is 52.1 Å². The molecular weight excluding hydrogens is 906 g/mol. The molecular formula is C45H44BCl2F2N5O9S. The molecule has 340 valence electrons. The molecule has 2 aromatic heterocycles. The number of rotatable bonds is 10. The molecule has 0 atom stereocenters. The van der Waals surface area contributed by atoms with E-state index in [9.17, 15) is 33.5 Å². The van der Waals surface area contributed by atoms with Gasteiger partial charge in [0.25, 0.3) is 11.1 Å². The second kappa shape index (κ2) is 21.7. The van der Waals surface area contributed by atoms with Crippen LogP contribution < -0.4 is 15.9 Å². The molecule has 0 spiro atoms. The topological polar surface area (TPSA) is 172 Å². The minimum Gasteiger partial charge on any atom is -0.505 e. The van der Waals surface area contributed by atoms with Crippen molar-refractivity contribution >= 4 is 78.2 Å². The number of aromatic hydroxyl groups is 1. The van der Waals surface area contributed by atoms with Crippen LogP contribution in [0.1, 0.15) is 47.5 Å². The largest absolute Gasteiger partial charge is 0.628 e. The third-order valence-corrected chi connectivity index (χ3v) is 10.9. The zero-order valence-electron chi connectivity index (χ0n) is 36.6. The lowest BCUT2D eigenvalue weighted by molar-refractivity contribution is -0.145. The number of halogens is 4. The molecule has 6 rings (SSSR count). The van der Waals surface area contributed by atoms with Crippen LogP contribution in [0.25, 0.3) is 40.5 Å². The van der Waals surface area contributed by atoms with Crippen molar-refractivity contribution in [1.29, 1.82) is 0 Å². The van der Waals surface area contributed by atoms with Crippen LogP contribution in [0.3, 0.4) is 0 Å². The number of nitrogens with zero attached hydrogens (tertiary/aromatic N) is 5. The summed E-state index contributed by atoms with van der Waals surface area (Å²) in [5, 5.41) is 18.7. The maximum Gasteiger partial charge on any atom is 0.628 e. The molecule has 3 aromatic carbocycles. The normalized spacial score (nSPS) is 13.4. The van der Waals surface area contributed by atoms with Crippen molar-refractivity contribution in [2.75, 3.05) is 26.4 Å². The number of benzene rings is 3. The van der Waals surface area contributed by atoms with Crippen molar-refractivity contribution in [1.82, 2.24) is 24.5 Å². The quantitative estimate of drug-likeness (QED) is 0.0831. The van der Waals surface area contributed by atoms with Crippen LogP contribution in [0.15, 0.2) is 64.1 Å². The summed E-state index contributed by atoms with van der Waals surface area (Å²) in [4.78, 5) is 63.6. The third-order valence-electron chi connectivity index (χ3n) is 9.65. The van der Waals surface area contributed by atoms with Gasteiger partial charge in [-0.3, -0.25) is 28.9 Å². The molecule has 1 fully saturated rings. The van der Waals surface area contributed by atoms with Gasteiger partial charge in [-0.15, -0.1) is 0 Å². The van der Waals surface area contributed by atoms with E-state index in [-0.39, 0.29) is 73.8 Å². The number of thioether (sulfide) groups is 1. The van der Waals surface area contributed by atoms with Crippen LogP contribution in [0.2, 0.25) is 10.0 Å². The highest BCUT2D eigenvalue weighted by atomic mass is 35.5. The predicted molar refractivity (Wildman–Crippen MR) is 248 cm³/mol. The summed E-state index contributed by atoms with van der Waals surface area (Å²) in [6.45, 7) is 6.00. The first-order valence-corrected chi connectivity index (χ1v) is 21.9. The highest BCUT2D eigenvalue weighted by Gasteiger charge is 2.31. The van der Waals surface area contributed by atoms with E-state index in [1.807, 2.05) is 30.5 Å². The minimum atomic E-state index is -1.41. The molecule has 0 aliphatic carbocycles. The first kappa shape index (κ1) is 49.9. The summed E-state index contributed by atoms with van der Waals surface area (Å²) in [5.74, 6) is -2.40. The van der Waals surface area contributed by atoms with E-state index in [2.05, 4.69) is 10.2 Å². The molecule has 0 unspecified atom stereocenters. The fourth-order valence-electron chi connectivity index (χ4n) is 6.45. The Hall–Kier alpha value is -6.08. The standard InChI is InChI=1S/C23H24BClFN3O7.C22H20ClFN2O2S/c1-12(2)23(33)34-21-13(3)27-29(5)22(32)20(21)19-14(15(25)6-7-16(19)26)8-9-24-35-17(30)10-28(4)11-18(31)36-24;1-13-21(27)20(22(28)26(2)25-13)19-16(17(23)10-11-18(19)24)9-8-14-4-6-15(7-5-14)12-29-3/h6-9,12H,10-11H2,1-5H3;4-11,27H,12H2,1-3H3/b2*9-8+. The second-order valence-corrected chi connectivity index (χ2v) is 16.7. The molecule has 1 aliphatic rings. The van der Waals surface area contributed by atoms with Crippen LogP contribution >= 0.6 is 35.0 Å². The van der Waals surface area contributed by atoms with E-state index in [4.69, 9.17) is 37.2 Å². The Labute approximate surface area is 387 Å². The van der Waals surface area contributed by atoms with E-state index >= 15 is 4.39 Å². The van der Waals surface area contributed by atoms with Crippen LogP contribution in [0.5, 0.6) is 11.5 Å². The molecule has 1 N–H and O–H groups in total. The number of likely N-dealkylation sites (N-methyl/N-ethyl adjacent to an activating group) is 1. The number of carbonyl (C=O) groups excluding carboxylic acids is 3. The van der Waals surface area contributed by atoms with E-state index < -0.39 is 53.7 Å². The summed E-state index contributed by atoms with van der Waals surface area (Å²) < 4.78 is 47.9. The smallest absolute Gasteiger partial charge is 0.505 e. The van der Waals surface area contributed by atoms with E-state index in [0.717, 1.165) is 26.7 Å². The summed E-state index contributed by atoms with van der Waals surface area (Å²) in [6, 6.07) is 12.9. The zero-order valence-corrected chi connectivity index (χ0v) is 38.9. The number of ether oxygens (including phenoxy) is 1. The second-order valence-electron chi connectivity index (χ2n) is 15.1. The Balaban J connectivity index is 0.000000250. The highest BCUT2D eigenvalue weighted by Crippen LogP contribution is 2.39. The van der Waals surface area contributed by atoms with Crippen LogP contribution in [0, 0.1) is 31.4 Å². The molecule has 1 aliphatic heterocycles. The van der Waals surface area contributed by atoms with Crippen LogP contribution in [-0.2, 0) is 43.5 Å². The summed E-state index contributed by atoms with van der Waals surface area (Å²) in [6.07, 6.45) is 6.75. The summed E-state index contributed by atoms with van der Waals surface area (Å²) in [7, 11) is 2.96. The predicted octanol–water partition coefficient (Wildman–Crippen LogP) is 7.47. The lowest BCUT2D eigenvalue weighted by Crippen LogP contribution is -2.41. The Bertz CT molecular complexity index is 2820. The molecule has 0 amide bonds. The summed E-state index contributed by atoms with van der Waals surface area (Å²) >= 11 is 14.5. The van der Waals surface area contributed by atoms with Crippen LogP contribution in [-0.4, -0.2) is 81.0 Å². The lowest BCUT2D eigenvalue weighted by atomic mass is 9.87. The van der Waals surface area contributed by atoms with E-state index in [0.29, 0.717) is 5.56 Å². The highest BCUT2D eigenvalue weighted by molar-refractivity contribution is 7.97. The van der Waals surface area contributed by atoms with Crippen molar-refractivity contribution in [2.45, 2.75) is 33.4 Å². The van der Waals surface area contributed by atoms with Crippen molar-refractivity contribution in [3.8, 4) is 33.8 Å². The van der Waals surface area contributed by atoms with Crippen molar-refractivity contribution < 1.29 is 42.3 Å². The number of hydrogen-bond donors (Lipinski definition) is 1. The van der Waals surface area contributed by atoms with Gasteiger partial charge < -0.3 is 19.2 Å². The van der Waals surface area contributed by atoms with Crippen molar-refractivity contribution in [2.24, 2.45) is 20.0 Å². The maximum atomic E-state index is 15.3.